The lowest BCUT2D eigenvalue weighted by atomic mass is 9.84. The number of hydrogen-bond donors (Lipinski definition) is 0. The molecule has 1 heterocycles. The minimum absolute atomic E-state index is 0.133. The van der Waals surface area contributed by atoms with Crippen LogP contribution in [0, 0.1) is 0 Å². The lowest BCUT2D eigenvalue weighted by Crippen LogP contribution is -2.43. The van der Waals surface area contributed by atoms with Gasteiger partial charge in [0.25, 0.3) is 0 Å². The third-order valence-corrected chi connectivity index (χ3v) is 7.89. The van der Waals surface area contributed by atoms with Gasteiger partial charge in [0.1, 0.15) is 0 Å². The van der Waals surface area contributed by atoms with Crippen LogP contribution >= 0.6 is 0 Å². The molecule has 0 amide bonds. The maximum Gasteiger partial charge on any atom is 0.416 e. The molecular formula is C27H37F3N2O3S. The second-order valence-corrected chi connectivity index (χ2v) is 12.3. The molecule has 0 radical (unpaired) electrons. The van der Waals surface area contributed by atoms with Crippen LogP contribution in [-0.4, -0.2) is 62.8 Å². The summed E-state index contributed by atoms with van der Waals surface area (Å²) in [7, 11) is -3.23. The van der Waals surface area contributed by atoms with Crippen LogP contribution in [0.2, 0.25) is 0 Å². The molecule has 0 spiro atoms. The summed E-state index contributed by atoms with van der Waals surface area (Å²) in [4.78, 5) is 2.18. The van der Waals surface area contributed by atoms with Crippen molar-refractivity contribution in [1.82, 2.24) is 9.21 Å². The molecule has 0 bridgehead atoms. The van der Waals surface area contributed by atoms with E-state index in [0.717, 1.165) is 18.9 Å². The fraction of sp³-hybridized carbons (Fsp3) is 0.556. The molecule has 2 aromatic rings. The van der Waals surface area contributed by atoms with E-state index >= 15 is 0 Å². The standard InChI is InChI=1S/C27H37F3N2O3S/c1-26(2,23-11-5-4-6-12-23)21-31(19-22-10-7-13-24(18-22)27(28,29)30)15-9-17-35-25-14-8-16-32(20-25)36(3,33)34/h4-7,10-13,18,25H,8-9,14-17,19-21H2,1-3H3. The van der Waals surface area contributed by atoms with Crippen molar-refractivity contribution in [3.8, 4) is 0 Å². The van der Waals surface area contributed by atoms with Gasteiger partial charge < -0.3 is 4.74 Å². The van der Waals surface area contributed by atoms with Gasteiger partial charge >= 0.3 is 6.18 Å². The Kier molecular flexibility index (Phi) is 9.60. The lowest BCUT2D eigenvalue weighted by molar-refractivity contribution is -0.137. The Labute approximate surface area is 213 Å². The molecule has 0 N–H and O–H groups in total. The highest BCUT2D eigenvalue weighted by Crippen LogP contribution is 2.30. The maximum atomic E-state index is 13.3. The molecule has 0 aliphatic carbocycles. The molecule has 1 unspecified atom stereocenters. The molecule has 1 aliphatic rings. The number of alkyl halides is 3. The number of rotatable bonds is 11. The third kappa shape index (κ3) is 8.57. The number of nitrogens with zero attached hydrogens (tertiary/aromatic N) is 2. The molecule has 9 heteroatoms. The first-order valence-electron chi connectivity index (χ1n) is 12.4. The molecule has 36 heavy (non-hydrogen) atoms. The van der Waals surface area contributed by atoms with Crippen molar-refractivity contribution in [2.45, 2.75) is 57.3 Å². The van der Waals surface area contributed by atoms with Gasteiger partial charge in [-0.3, -0.25) is 4.90 Å². The highest BCUT2D eigenvalue weighted by molar-refractivity contribution is 7.88. The predicted octanol–water partition coefficient (Wildman–Crippen LogP) is 5.32. The van der Waals surface area contributed by atoms with Crippen molar-refractivity contribution in [3.63, 3.8) is 0 Å². The molecule has 0 saturated carbocycles. The van der Waals surface area contributed by atoms with Crippen molar-refractivity contribution in [3.05, 3.63) is 71.3 Å². The number of halogens is 3. The van der Waals surface area contributed by atoms with Crippen LogP contribution < -0.4 is 0 Å². The van der Waals surface area contributed by atoms with Crippen molar-refractivity contribution < 1.29 is 26.3 Å². The van der Waals surface area contributed by atoms with Gasteiger partial charge in [-0.25, -0.2) is 8.42 Å². The summed E-state index contributed by atoms with van der Waals surface area (Å²) in [5.41, 5.74) is 0.936. The number of ether oxygens (including phenoxy) is 1. The Hall–Kier alpha value is -1.94. The highest BCUT2D eigenvalue weighted by Gasteiger charge is 2.31. The summed E-state index contributed by atoms with van der Waals surface area (Å²) in [6.45, 7) is 7.34. The predicted molar refractivity (Wildman–Crippen MR) is 136 cm³/mol. The van der Waals surface area contributed by atoms with E-state index in [4.69, 9.17) is 4.74 Å². The summed E-state index contributed by atoms with van der Waals surface area (Å²) >= 11 is 0. The van der Waals surface area contributed by atoms with Gasteiger partial charge in [0.05, 0.1) is 17.9 Å². The van der Waals surface area contributed by atoms with Crippen molar-refractivity contribution in [2.75, 3.05) is 39.0 Å². The fourth-order valence-electron chi connectivity index (χ4n) is 4.74. The molecule has 2 aromatic carbocycles. The first-order chi connectivity index (χ1) is 16.8. The van der Waals surface area contributed by atoms with Crippen LogP contribution in [0.5, 0.6) is 0 Å². The van der Waals surface area contributed by atoms with E-state index in [-0.39, 0.29) is 11.5 Å². The van der Waals surface area contributed by atoms with Gasteiger partial charge in [-0.05, 0) is 36.5 Å². The first kappa shape index (κ1) is 28.6. The van der Waals surface area contributed by atoms with E-state index in [0.29, 0.717) is 51.3 Å². The van der Waals surface area contributed by atoms with Gasteiger partial charge in [0.15, 0.2) is 0 Å². The third-order valence-electron chi connectivity index (χ3n) is 6.62. The summed E-state index contributed by atoms with van der Waals surface area (Å²) in [6, 6.07) is 15.6. The average Bonchev–Trinajstić information content (AvgIpc) is 2.81. The molecule has 1 atom stereocenters. The number of piperidine rings is 1. The molecule has 1 saturated heterocycles. The molecule has 1 fully saturated rings. The zero-order valence-corrected chi connectivity index (χ0v) is 22.1. The lowest BCUT2D eigenvalue weighted by Gasteiger charge is -2.34. The molecule has 5 nitrogen and oxygen atoms in total. The van der Waals surface area contributed by atoms with Crippen molar-refractivity contribution >= 4 is 10.0 Å². The minimum atomic E-state index is -4.38. The Morgan fingerprint density at radius 1 is 1.06 bits per heavy atom. The van der Waals surface area contributed by atoms with Crippen LogP contribution in [0.4, 0.5) is 13.2 Å². The monoisotopic (exact) mass is 526 g/mol. The molecule has 3 rings (SSSR count). The normalized spacial score (nSPS) is 18.0. The first-order valence-corrected chi connectivity index (χ1v) is 14.2. The molecule has 200 valence electrons. The van der Waals surface area contributed by atoms with E-state index in [1.165, 1.54) is 28.3 Å². The molecule has 1 aliphatic heterocycles. The van der Waals surface area contributed by atoms with E-state index in [2.05, 4.69) is 30.9 Å². The van der Waals surface area contributed by atoms with Gasteiger partial charge in [-0.1, -0.05) is 62.4 Å². The van der Waals surface area contributed by atoms with Crippen LogP contribution in [0.25, 0.3) is 0 Å². The van der Waals surface area contributed by atoms with E-state index < -0.39 is 21.8 Å². The zero-order chi connectivity index (χ0) is 26.4. The maximum absolute atomic E-state index is 13.3. The molecular weight excluding hydrogens is 489 g/mol. The van der Waals surface area contributed by atoms with Crippen LogP contribution in [0.3, 0.4) is 0 Å². The average molecular weight is 527 g/mol. The summed E-state index contributed by atoms with van der Waals surface area (Å²) in [5.74, 6) is 0. The summed E-state index contributed by atoms with van der Waals surface area (Å²) in [6.07, 6.45) is -1.01. The largest absolute Gasteiger partial charge is 0.416 e. The topological polar surface area (TPSA) is 49.9 Å². The van der Waals surface area contributed by atoms with Crippen molar-refractivity contribution in [2.24, 2.45) is 0 Å². The van der Waals surface area contributed by atoms with Gasteiger partial charge in [-0.15, -0.1) is 0 Å². The number of sulfonamides is 1. The van der Waals surface area contributed by atoms with Gasteiger partial charge in [0.2, 0.25) is 10.0 Å². The van der Waals surface area contributed by atoms with Crippen LogP contribution in [0.1, 0.15) is 49.8 Å². The SMILES string of the molecule is CC(C)(CN(CCCOC1CCCN(S(C)(=O)=O)C1)Cc1cccc(C(F)(F)F)c1)c1ccccc1. The molecule has 0 aromatic heterocycles. The van der Waals surface area contributed by atoms with Crippen LogP contribution in [-0.2, 0) is 32.9 Å². The summed E-state index contributed by atoms with van der Waals surface area (Å²) in [5, 5.41) is 0. The quantitative estimate of drug-likeness (QED) is 0.372. The smallest absolute Gasteiger partial charge is 0.377 e. The second kappa shape index (κ2) is 12.1. The Bertz CT molecular complexity index is 1080. The Balaban J connectivity index is 1.64. The Morgan fingerprint density at radius 2 is 1.75 bits per heavy atom. The Morgan fingerprint density at radius 3 is 2.42 bits per heavy atom. The van der Waals surface area contributed by atoms with E-state index in [1.807, 2.05) is 18.2 Å². The van der Waals surface area contributed by atoms with Gasteiger partial charge in [-0.2, -0.15) is 17.5 Å². The van der Waals surface area contributed by atoms with Gasteiger partial charge in [0, 0.05) is 44.7 Å². The van der Waals surface area contributed by atoms with Crippen LogP contribution in [0.15, 0.2) is 54.6 Å². The van der Waals surface area contributed by atoms with E-state index in [1.54, 1.807) is 6.07 Å². The fourth-order valence-corrected chi connectivity index (χ4v) is 5.64. The summed E-state index contributed by atoms with van der Waals surface area (Å²) < 4.78 is 70.9. The second-order valence-electron chi connectivity index (χ2n) is 10.3. The number of benzene rings is 2. The minimum Gasteiger partial charge on any atom is -0.377 e. The number of hydrogen-bond acceptors (Lipinski definition) is 4. The zero-order valence-electron chi connectivity index (χ0n) is 21.3. The highest BCUT2D eigenvalue weighted by atomic mass is 32.2. The van der Waals surface area contributed by atoms with Crippen molar-refractivity contribution in [1.29, 1.82) is 0 Å². The van der Waals surface area contributed by atoms with E-state index in [9.17, 15) is 21.6 Å².